The molecule has 0 bridgehead atoms. The predicted octanol–water partition coefficient (Wildman–Crippen LogP) is 4.84. The van der Waals surface area contributed by atoms with Crippen LogP contribution in [0.15, 0.2) is 76.6 Å². The van der Waals surface area contributed by atoms with Gasteiger partial charge < -0.3 is 33.9 Å². The van der Waals surface area contributed by atoms with E-state index in [1.807, 2.05) is 0 Å². The molecule has 0 saturated heterocycles. The molecular weight excluding hydrogens is 635 g/mol. The smallest absolute Gasteiger partial charge is 0.335 e. The number of pyridine rings is 1. The van der Waals surface area contributed by atoms with Crippen LogP contribution in [0.3, 0.4) is 0 Å². The van der Waals surface area contributed by atoms with Crippen molar-refractivity contribution in [1.82, 2.24) is 14.1 Å². The highest BCUT2D eigenvalue weighted by Gasteiger charge is 2.26. The molecule has 0 unspecified atom stereocenters. The summed E-state index contributed by atoms with van der Waals surface area (Å²) in [4.78, 5) is 43.6. The first-order valence-corrected chi connectivity index (χ1v) is 14.7. The zero-order valence-electron chi connectivity index (χ0n) is 25.4. The SMILES string of the molecule is Cn1cc(C(=O)Nc2ccc(Oc3ccnc4cc(OCC(C)(C)O)c5c(c34)OCCO5)cc2Cl)c(=O)n(-c2ccc(F)cc2)c1=O. The molecule has 0 radical (unpaired) electrons. The van der Waals surface area contributed by atoms with Crippen LogP contribution in [-0.4, -0.2) is 50.6 Å². The summed E-state index contributed by atoms with van der Waals surface area (Å²) in [5, 5.41) is 13.4. The van der Waals surface area contributed by atoms with Gasteiger partial charge in [-0.3, -0.25) is 14.6 Å². The van der Waals surface area contributed by atoms with Gasteiger partial charge >= 0.3 is 5.69 Å². The number of aliphatic hydroxyl groups is 1. The third-order valence-electron chi connectivity index (χ3n) is 7.02. The normalized spacial score (nSPS) is 12.6. The van der Waals surface area contributed by atoms with Crippen molar-refractivity contribution in [3.8, 4) is 34.4 Å². The number of aryl methyl sites for hydroxylation is 1. The first-order valence-electron chi connectivity index (χ1n) is 14.3. The van der Waals surface area contributed by atoms with E-state index < -0.39 is 28.6 Å². The van der Waals surface area contributed by atoms with Gasteiger partial charge in [0.05, 0.1) is 32.9 Å². The molecule has 2 N–H and O–H groups in total. The summed E-state index contributed by atoms with van der Waals surface area (Å²) in [5.41, 5.74) is -2.24. The zero-order valence-corrected chi connectivity index (χ0v) is 26.1. The van der Waals surface area contributed by atoms with Crippen molar-refractivity contribution in [2.75, 3.05) is 25.1 Å². The van der Waals surface area contributed by atoms with E-state index in [-0.39, 0.29) is 35.2 Å². The number of hydrogen-bond acceptors (Lipinski definition) is 9. The highest BCUT2D eigenvalue weighted by atomic mass is 35.5. The number of amides is 1. The van der Waals surface area contributed by atoms with Crippen molar-refractivity contribution in [3.05, 3.63) is 104 Å². The molecule has 47 heavy (non-hydrogen) atoms. The van der Waals surface area contributed by atoms with E-state index in [1.165, 1.54) is 31.3 Å². The fraction of sp³-hybridized carbons (Fsp3) is 0.212. The summed E-state index contributed by atoms with van der Waals surface area (Å²) < 4.78 is 39.2. The minimum absolute atomic E-state index is 0.0126. The molecule has 0 aliphatic carbocycles. The van der Waals surface area contributed by atoms with Crippen LogP contribution in [0.25, 0.3) is 16.6 Å². The number of ether oxygens (including phenoxy) is 4. The molecule has 6 rings (SSSR count). The third-order valence-corrected chi connectivity index (χ3v) is 7.33. The molecule has 14 heteroatoms. The van der Waals surface area contributed by atoms with Gasteiger partial charge in [0.1, 0.15) is 42.7 Å². The lowest BCUT2D eigenvalue weighted by Gasteiger charge is -2.25. The van der Waals surface area contributed by atoms with E-state index in [1.54, 1.807) is 38.2 Å². The van der Waals surface area contributed by atoms with E-state index in [4.69, 9.17) is 30.5 Å². The maximum Gasteiger partial charge on any atom is 0.335 e. The van der Waals surface area contributed by atoms with Gasteiger partial charge in [-0.15, -0.1) is 0 Å². The van der Waals surface area contributed by atoms with Crippen LogP contribution in [0.1, 0.15) is 24.2 Å². The van der Waals surface area contributed by atoms with E-state index in [9.17, 15) is 23.9 Å². The average molecular weight is 663 g/mol. The Morgan fingerprint density at radius 3 is 2.49 bits per heavy atom. The standard InChI is InChI=1S/C33H28ClFN4O8/c1-33(2,43)17-46-26-15-24-27(29-28(26)44-12-13-45-29)25(10-11-36-24)47-20-8-9-23(22(34)14-20)37-30(40)21-16-38(3)32(42)39(31(21)41)19-6-4-18(35)5-7-19/h4-11,14-16,43H,12-13,17H2,1-3H3,(H,37,40). The number of carbonyl (C=O) groups is 1. The number of benzene rings is 3. The monoisotopic (exact) mass is 662 g/mol. The molecule has 1 aliphatic rings. The molecule has 1 amide bonds. The number of carbonyl (C=O) groups excluding carboxylic acids is 1. The fourth-order valence-electron chi connectivity index (χ4n) is 4.84. The molecular formula is C33H28ClFN4O8. The van der Waals surface area contributed by atoms with Gasteiger partial charge in [0.2, 0.25) is 5.75 Å². The second-order valence-corrected chi connectivity index (χ2v) is 11.7. The topological polar surface area (TPSA) is 143 Å². The van der Waals surface area contributed by atoms with E-state index in [2.05, 4.69) is 10.3 Å². The van der Waals surface area contributed by atoms with Gasteiger partial charge in [-0.05, 0) is 56.3 Å². The first kappa shape index (κ1) is 31.6. The van der Waals surface area contributed by atoms with Crippen LogP contribution >= 0.6 is 11.6 Å². The number of halogens is 2. The Hall–Kier alpha value is -5.40. The summed E-state index contributed by atoms with van der Waals surface area (Å²) in [6, 6.07) is 12.6. The van der Waals surface area contributed by atoms with Crippen LogP contribution in [0, 0.1) is 5.82 Å². The second-order valence-electron chi connectivity index (χ2n) is 11.3. The molecule has 0 spiro atoms. The Morgan fingerprint density at radius 2 is 1.79 bits per heavy atom. The van der Waals surface area contributed by atoms with Gasteiger partial charge in [-0.1, -0.05) is 11.6 Å². The highest BCUT2D eigenvalue weighted by Crippen LogP contribution is 2.48. The first-order chi connectivity index (χ1) is 22.4. The highest BCUT2D eigenvalue weighted by molar-refractivity contribution is 6.34. The van der Waals surface area contributed by atoms with Crippen molar-refractivity contribution in [2.45, 2.75) is 19.4 Å². The molecule has 242 valence electrons. The molecule has 12 nitrogen and oxygen atoms in total. The number of fused-ring (bicyclic) bond motifs is 3. The molecule has 3 aromatic carbocycles. The summed E-state index contributed by atoms with van der Waals surface area (Å²) >= 11 is 6.53. The Labute approximate surface area is 271 Å². The van der Waals surface area contributed by atoms with Gasteiger partial charge in [0.15, 0.2) is 11.5 Å². The minimum atomic E-state index is -1.08. The van der Waals surface area contributed by atoms with Crippen molar-refractivity contribution >= 4 is 34.1 Å². The van der Waals surface area contributed by atoms with Crippen LogP contribution < -0.4 is 35.5 Å². The summed E-state index contributed by atoms with van der Waals surface area (Å²) in [6.45, 7) is 3.85. The lowest BCUT2D eigenvalue weighted by atomic mass is 10.1. The average Bonchev–Trinajstić information content (AvgIpc) is 3.03. The molecule has 3 heterocycles. The number of hydrogen-bond donors (Lipinski definition) is 2. The van der Waals surface area contributed by atoms with Gasteiger partial charge in [-0.2, -0.15) is 0 Å². The lowest BCUT2D eigenvalue weighted by Crippen LogP contribution is -2.41. The van der Waals surface area contributed by atoms with E-state index in [0.29, 0.717) is 46.3 Å². The molecule has 0 fully saturated rings. The number of aromatic nitrogens is 3. The lowest BCUT2D eigenvalue weighted by molar-refractivity contribution is 0.0265. The Balaban J connectivity index is 1.28. The van der Waals surface area contributed by atoms with Crippen LogP contribution in [0.4, 0.5) is 10.1 Å². The van der Waals surface area contributed by atoms with Gasteiger partial charge in [0, 0.05) is 31.6 Å². The second kappa shape index (κ2) is 12.4. The molecule has 2 aromatic heterocycles. The molecule has 0 atom stereocenters. The van der Waals surface area contributed by atoms with E-state index in [0.717, 1.165) is 27.5 Å². The number of anilines is 1. The number of nitrogens with one attached hydrogen (secondary N) is 1. The number of rotatable bonds is 8. The van der Waals surface area contributed by atoms with Gasteiger partial charge in [-0.25, -0.2) is 13.8 Å². The van der Waals surface area contributed by atoms with Crippen LogP contribution in [0.2, 0.25) is 5.02 Å². The summed E-state index contributed by atoms with van der Waals surface area (Å²) in [6.07, 6.45) is 2.67. The molecule has 1 aliphatic heterocycles. The van der Waals surface area contributed by atoms with Gasteiger partial charge in [0.25, 0.3) is 11.5 Å². The zero-order chi connectivity index (χ0) is 33.5. The van der Waals surface area contributed by atoms with Crippen LogP contribution in [-0.2, 0) is 7.05 Å². The summed E-state index contributed by atoms with van der Waals surface area (Å²) in [7, 11) is 1.39. The predicted molar refractivity (Wildman–Crippen MR) is 171 cm³/mol. The Bertz CT molecular complexity index is 2140. The van der Waals surface area contributed by atoms with Crippen molar-refractivity contribution < 1.29 is 33.2 Å². The maximum atomic E-state index is 13.4. The Morgan fingerprint density at radius 1 is 1.06 bits per heavy atom. The van der Waals surface area contributed by atoms with Crippen LogP contribution in [0.5, 0.6) is 28.7 Å². The molecule has 5 aromatic rings. The van der Waals surface area contributed by atoms with Crippen molar-refractivity contribution in [2.24, 2.45) is 7.05 Å². The summed E-state index contributed by atoms with van der Waals surface area (Å²) in [5.74, 6) is 0.434. The van der Waals surface area contributed by atoms with E-state index >= 15 is 0 Å². The third kappa shape index (κ3) is 6.48. The van der Waals surface area contributed by atoms with Crippen molar-refractivity contribution in [3.63, 3.8) is 0 Å². The Kier molecular flexibility index (Phi) is 8.34. The quantitative estimate of drug-likeness (QED) is 0.239. The largest absolute Gasteiger partial charge is 0.486 e. The maximum absolute atomic E-state index is 13.4. The number of nitrogens with zero attached hydrogens (tertiary/aromatic N) is 3. The molecule has 0 saturated carbocycles. The van der Waals surface area contributed by atoms with Crippen molar-refractivity contribution in [1.29, 1.82) is 0 Å². The minimum Gasteiger partial charge on any atom is -0.486 e. The fourth-order valence-corrected chi connectivity index (χ4v) is 5.06.